The first-order valence-corrected chi connectivity index (χ1v) is 8.68. The third-order valence-electron chi connectivity index (χ3n) is 3.51. The number of carbonyl (C=O) groups is 1. The molecule has 0 aromatic heterocycles. The van der Waals surface area contributed by atoms with Crippen LogP contribution in [-0.4, -0.2) is 13.1 Å². The molecular formula is C18H16O2S2. The third-order valence-corrected chi connectivity index (χ3v) is 6.53. The molecule has 3 rings (SSSR count). The molecule has 112 valence electrons. The molecule has 2 aromatic carbocycles. The average molecular weight is 328 g/mol. The molecule has 0 N–H and O–H groups in total. The van der Waals surface area contributed by atoms with E-state index in [1.165, 1.54) is 18.2 Å². The first kappa shape index (κ1) is 15.3. The lowest BCUT2D eigenvalue weighted by Gasteiger charge is -2.28. The van der Waals surface area contributed by atoms with Crippen molar-refractivity contribution in [2.45, 2.75) is 10.5 Å². The highest BCUT2D eigenvalue weighted by Gasteiger charge is 2.40. The van der Waals surface area contributed by atoms with Crippen molar-refractivity contribution in [1.29, 1.82) is 0 Å². The molecule has 2 nitrogen and oxygen atoms in total. The summed E-state index contributed by atoms with van der Waals surface area (Å²) in [7, 11) is 1.42. The Labute approximate surface area is 139 Å². The molecule has 0 fully saturated rings. The van der Waals surface area contributed by atoms with Crippen molar-refractivity contribution in [3.8, 4) is 0 Å². The molecule has 0 saturated heterocycles. The summed E-state index contributed by atoms with van der Waals surface area (Å²) in [5.74, 6) is -0.261. The Morgan fingerprint density at radius 3 is 2.32 bits per heavy atom. The second-order valence-corrected chi connectivity index (χ2v) is 7.74. The zero-order valence-corrected chi connectivity index (χ0v) is 13.8. The molecule has 0 amide bonds. The van der Waals surface area contributed by atoms with Crippen LogP contribution in [0.5, 0.6) is 0 Å². The molecule has 4 heteroatoms. The maximum Gasteiger partial charge on any atom is 0.344 e. The Hall–Kier alpha value is -1.65. The van der Waals surface area contributed by atoms with Crippen molar-refractivity contribution >= 4 is 29.5 Å². The number of ether oxygens (including phenoxy) is 1. The summed E-state index contributed by atoms with van der Waals surface area (Å²) in [6, 6.07) is 20.7. The monoisotopic (exact) mass is 328 g/mol. The van der Waals surface area contributed by atoms with Gasteiger partial charge in [0.2, 0.25) is 0 Å². The Morgan fingerprint density at radius 1 is 1.05 bits per heavy atom. The normalized spacial score (nSPS) is 20.5. The van der Waals surface area contributed by atoms with Gasteiger partial charge in [-0.2, -0.15) is 0 Å². The fourth-order valence-corrected chi connectivity index (χ4v) is 5.30. The Balaban J connectivity index is 1.93. The van der Waals surface area contributed by atoms with Crippen molar-refractivity contribution in [2.75, 3.05) is 7.11 Å². The van der Waals surface area contributed by atoms with E-state index in [2.05, 4.69) is 24.3 Å². The van der Waals surface area contributed by atoms with Gasteiger partial charge < -0.3 is 4.74 Å². The molecule has 2 aromatic rings. The number of hydrogen-bond acceptors (Lipinski definition) is 4. The maximum absolute atomic E-state index is 11.9. The lowest BCUT2D eigenvalue weighted by atomic mass is 10.0. The molecule has 0 radical (unpaired) electrons. The minimum absolute atomic E-state index is 0.216. The quantitative estimate of drug-likeness (QED) is 0.768. The lowest BCUT2D eigenvalue weighted by Crippen LogP contribution is -2.19. The summed E-state index contributed by atoms with van der Waals surface area (Å²) in [5.41, 5.74) is 2.47. The van der Waals surface area contributed by atoms with Gasteiger partial charge in [-0.25, -0.2) is 4.79 Å². The zero-order chi connectivity index (χ0) is 15.4. The predicted octanol–water partition coefficient (Wildman–Crippen LogP) is 4.58. The van der Waals surface area contributed by atoms with Crippen LogP contribution in [0, 0.1) is 0 Å². The summed E-state index contributed by atoms with van der Waals surface area (Å²) < 4.78 is 4.66. The van der Waals surface area contributed by atoms with Gasteiger partial charge in [0.25, 0.3) is 0 Å². The molecule has 0 spiro atoms. The van der Waals surface area contributed by atoms with Gasteiger partial charge in [0, 0.05) is 6.42 Å². The van der Waals surface area contributed by atoms with Gasteiger partial charge in [0.15, 0.2) is 0 Å². The smallest absolute Gasteiger partial charge is 0.344 e. The molecular weight excluding hydrogens is 312 g/mol. The van der Waals surface area contributed by atoms with Crippen LogP contribution < -0.4 is 0 Å². The van der Waals surface area contributed by atoms with Gasteiger partial charge >= 0.3 is 5.97 Å². The van der Waals surface area contributed by atoms with Gasteiger partial charge in [0.05, 0.1) is 11.2 Å². The van der Waals surface area contributed by atoms with Gasteiger partial charge in [-0.15, -0.1) is 11.8 Å². The van der Waals surface area contributed by atoms with Crippen LogP contribution in [0.25, 0.3) is 0 Å². The molecule has 1 aliphatic heterocycles. The first-order valence-electron chi connectivity index (χ1n) is 6.98. The topological polar surface area (TPSA) is 26.3 Å². The van der Waals surface area contributed by atoms with Crippen LogP contribution in [0.2, 0.25) is 0 Å². The molecule has 1 atom stereocenters. The van der Waals surface area contributed by atoms with E-state index in [0.29, 0.717) is 4.91 Å². The van der Waals surface area contributed by atoms with Crippen LogP contribution in [0.3, 0.4) is 0 Å². The molecule has 22 heavy (non-hydrogen) atoms. The van der Waals surface area contributed by atoms with Crippen LogP contribution >= 0.6 is 23.5 Å². The van der Waals surface area contributed by atoms with Gasteiger partial charge in [-0.05, 0) is 16.5 Å². The van der Waals surface area contributed by atoms with Crippen molar-refractivity contribution in [3.63, 3.8) is 0 Å². The van der Waals surface area contributed by atoms with Crippen LogP contribution in [-0.2, 0) is 20.0 Å². The number of thioether (sulfide) groups is 2. The highest BCUT2D eigenvalue weighted by atomic mass is 32.2. The molecule has 0 aliphatic carbocycles. The fraction of sp³-hybridized carbons (Fsp3) is 0.167. The van der Waals surface area contributed by atoms with E-state index in [-0.39, 0.29) is 10.0 Å². The lowest BCUT2D eigenvalue weighted by molar-refractivity contribution is -0.135. The van der Waals surface area contributed by atoms with Gasteiger partial charge in [-0.1, -0.05) is 72.4 Å². The van der Waals surface area contributed by atoms with Crippen molar-refractivity contribution < 1.29 is 9.53 Å². The van der Waals surface area contributed by atoms with E-state index in [1.54, 1.807) is 23.5 Å². The standard InChI is InChI=1S/C18H16O2S2/c1-20-17(19)16-13-21-18(22-16,15-10-6-3-7-11-15)12-14-8-4-2-5-9-14/h2-11,13H,12H2,1H3/t18-/m0/s1. The average Bonchev–Trinajstić information content (AvgIpc) is 3.01. The summed E-state index contributed by atoms with van der Waals surface area (Å²) >= 11 is 3.28. The van der Waals surface area contributed by atoms with E-state index in [0.717, 1.165) is 6.42 Å². The Morgan fingerprint density at radius 2 is 1.68 bits per heavy atom. The van der Waals surface area contributed by atoms with Crippen molar-refractivity contribution in [2.24, 2.45) is 0 Å². The van der Waals surface area contributed by atoms with E-state index < -0.39 is 0 Å². The summed E-state index contributed by atoms with van der Waals surface area (Å²) in [6.45, 7) is 0. The first-order chi connectivity index (χ1) is 10.7. The van der Waals surface area contributed by atoms with E-state index in [1.807, 2.05) is 41.8 Å². The molecule has 0 saturated carbocycles. The zero-order valence-electron chi connectivity index (χ0n) is 12.2. The van der Waals surface area contributed by atoms with Crippen molar-refractivity contribution in [1.82, 2.24) is 0 Å². The minimum atomic E-state index is -0.261. The summed E-state index contributed by atoms with van der Waals surface area (Å²) in [5, 5.41) is 1.92. The number of carbonyl (C=O) groups excluding carboxylic acids is 1. The van der Waals surface area contributed by atoms with Crippen LogP contribution in [0.4, 0.5) is 0 Å². The molecule has 1 aliphatic rings. The van der Waals surface area contributed by atoms with E-state index in [9.17, 15) is 4.79 Å². The number of hydrogen-bond donors (Lipinski definition) is 0. The highest BCUT2D eigenvalue weighted by molar-refractivity contribution is 8.23. The van der Waals surface area contributed by atoms with Crippen LogP contribution in [0.1, 0.15) is 11.1 Å². The third kappa shape index (κ3) is 3.08. The summed E-state index contributed by atoms with van der Waals surface area (Å²) in [6.07, 6.45) is 0.851. The van der Waals surface area contributed by atoms with E-state index in [4.69, 9.17) is 4.74 Å². The van der Waals surface area contributed by atoms with Crippen molar-refractivity contribution in [3.05, 3.63) is 82.1 Å². The largest absolute Gasteiger partial charge is 0.465 e. The van der Waals surface area contributed by atoms with Gasteiger partial charge in [-0.3, -0.25) is 0 Å². The number of rotatable bonds is 4. The number of benzene rings is 2. The minimum Gasteiger partial charge on any atom is -0.465 e. The fourth-order valence-electron chi connectivity index (χ4n) is 2.43. The SMILES string of the molecule is COC(=O)C1=CS[C@](Cc2ccccc2)(c2ccccc2)S1. The highest BCUT2D eigenvalue weighted by Crippen LogP contribution is 2.58. The second-order valence-electron chi connectivity index (χ2n) is 4.97. The number of methoxy groups -OCH3 is 1. The maximum atomic E-state index is 11.9. The molecule has 0 bridgehead atoms. The van der Waals surface area contributed by atoms with Crippen LogP contribution in [0.15, 0.2) is 71.0 Å². The molecule has 0 unspecified atom stereocenters. The number of esters is 1. The van der Waals surface area contributed by atoms with Gasteiger partial charge in [0.1, 0.15) is 4.91 Å². The second kappa shape index (κ2) is 6.63. The Bertz CT molecular complexity index is 683. The summed E-state index contributed by atoms with van der Waals surface area (Å²) in [4.78, 5) is 12.5. The predicted molar refractivity (Wildman–Crippen MR) is 93.5 cm³/mol. The Kier molecular flexibility index (Phi) is 4.60. The molecule has 1 heterocycles. The van der Waals surface area contributed by atoms with E-state index >= 15 is 0 Å².